The van der Waals surface area contributed by atoms with Crippen LogP contribution in [0.15, 0.2) is 12.2 Å². The van der Waals surface area contributed by atoms with E-state index in [0.717, 1.165) is 0 Å². The van der Waals surface area contributed by atoms with Gasteiger partial charge in [0, 0.05) is 0 Å². The van der Waals surface area contributed by atoms with E-state index in [1.165, 1.54) is 0 Å². The van der Waals surface area contributed by atoms with Crippen LogP contribution in [0.3, 0.4) is 0 Å². The zero-order valence-corrected chi connectivity index (χ0v) is 10.2. The summed E-state index contributed by atoms with van der Waals surface area (Å²) in [6, 6.07) is 0. The molecule has 0 heterocycles. The molecule has 68 valence electrons. The van der Waals surface area contributed by atoms with Gasteiger partial charge in [-0.25, -0.2) is 0 Å². The van der Waals surface area contributed by atoms with Gasteiger partial charge in [0.1, 0.15) is 8.07 Å². The summed E-state index contributed by atoms with van der Waals surface area (Å²) in [7, 11) is -1.17. The number of rotatable bonds is 0. The van der Waals surface area contributed by atoms with Crippen LogP contribution in [0.5, 0.6) is 0 Å². The molecule has 0 aromatic carbocycles. The highest BCUT2D eigenvalue weighted by Crippen LogP contribution is 2.13. The van der Waals surface area contributed by atoms with Gasteiger partial charge < -0.3 is 0 Å². The third-order valence-corrected chi connectivity index (χ3v) is 2.01. The highest BCUT2D eigenvalue weighted by atomic mass is 28.3. The van der Waals surface area contributed by atoms with Gasteiger partial charge in [0.05, 0.1) is 0 Å². The van der Waals surface area contributed by atoms with Gasteiger partial charge in [0.15, 0.2) is 0 Å². The monoisotopic (exact) mass is 180 g/mol. The molecule has 0 bridgehead atoms. The Hall–Kier alpha value is -0.483. The lowest BCUT2D eigenvalue weighted by Gasteiger charge is -2.09. The molecule has 0 aliphatic heterocycles. The first-order valence-corrected chi connectivity index (χ1v) is 7.91. The molecule has 0 aromatic rings. The molecule has 0 unspecified atom stereocenters. The maximum atomic E-state index is 3.30. The third-order valence-electron chi connectivity index (χ3n) is 1.11. The van der Waals surface area contributed by atoms with Crippen molar-refractivity contribution in [2.24, 2.45) is 5.41 Å². The van der Waals surface area contributed by atoms with E-state index in [2.05, 4.69) is 58.0 Å². The van der Waals surface area contributed by atoms with Crippen LogP contribution in [-0.2, 0) is 0 Å². The third kappa shape index (κ3) is 9.52. The molecule has 0 atom stereocenters. The van der Waals surface area contributed by atoms with Gasteiger partial charge in [0.2, 0.25) is 0 Å². The van der Waals surface area contributed by atoms with E-state index in [-0.39, 0.29) is 5.41 Å². The van der Waals surface area contributed by atoms with Crippen LogP contribution in [0.4, 0.5) is 0 Å². The lowest BCUT2D eigenvalue weighted by Crippen LogP contribution is -2.16. The van der Waals surface area contributed by atoms with Gasteiger partial charge in [0.25, 0.3) is 0 Å². The van der Waals surface area contributed by atoms with Crippen LogP contribution < -0.4 is 0 Å². The topological polar surface area (TPSA) is 0 Å². The molecule has 0 spiro atoms. The first-order valence-electron chi connectivity index (χ1n) is 4.41. The summed E-state index contributed by atoms with van der Waals surface area (Å²) in [5, 5.41) is 0. The fourth-order valence-electron chi connectivity index (χ4n) is 0.550. The van der Waals surface area contributed by atoms with Crippen LogP contribution >= 0.6 is 0 Å². The standard InChI is InChI=1S/C11H20Si/c1-11(2,3)9-7-8-10-12(4,5)6/h7,9H,1-6H3/b9-7-. The summed E-state index contributed by atoms with van der Waals surface area (Å²) < 4.78 is 0. The molecule has 0 saturated carbocycles. The maximum absolute atomic E-state index is 3.30. The first kappa shape index (κ1) is 11.5. The van der Waals surface area contributed by atoms with Crippen molar-refractivity contribution in [3.05, 3.63) is 12.2 Å². The Balaban J connectivity index is 4.13. The Morgan fingerprint density at radius 3 is 1.92 bits per heavy atom. The van der Waals surface area contributed by atoms with Crippen molar-refractivity contribution in [2.45, 2.75) is 40.4 Å². The minimum atomic E-state index is -1.17. The number of allylic oxidation sites excluding steroid dienone is 2. The van der Waals surface area contributed by atoms with E-state index in [4.69, 9.17) is 0 Å². The zero-order valence-electron chi connectivity index (χ0n) is 9.15. The van der Waals surface area contributed by atoms with Crippen molar-refractivity contribution >= 4 is 8.07 Å². The molecule has 0 fully saturated rings. The molecule has 12 heavy (non-hydrogen) atoms. The number of hydrogen-bond acceptors (Lipinski definition) is 0. The summed E-state index contributed by atoms with van der Waals surface area (Å²) >= 11 is 0. The Morgan fingerprint density at radius 1 is 1.08 bits per heavy atom. The normalized spacial score (nSPS) is 12.8. The van der Waals surface area contributed by atoms with Crippen LogP contribution in [0.25, 0.3) is 0 Å². The van der Waals surface area contributed by atoms with Crippen molar-refractivity contribution in [3.63, 3.8) is 0 Å². The van der Waals surface area contributed by atoms with Gasteiger partial charge in [-0.1, -0.05) is 52.4 Å². The van der Waals surface area contributed by atoms with Crippen LogP contribution in [0.1, 0.15) is 20.8 Å². The molecule has 0 saturated heterocycles. The average Bonchev–Trinajstić information content (AvgIpc) is 1.76. The van der Waals surface area contributed by atoms with Crippen molar-refractivity contribution in [1.82, 2.24) is 0 Å². The van der Waals surface area contributed by atoms with Crippen LogP contribution in [0, 0.1) is 16.9 Å². The summed E-state index contributed by atoms with van der Waals surface area (Å²) in [6.07, 6.45) is 4.14. The highest BCUT2D eigenvalue weighted by Gasteiger charge is 2.07. The van der Waals surface area contributed by atoms with Gasteiger partial charge in [-0.2, -0.15) is 0 Å². The predicted molar refractivity (Wildman–Crippen MR) is 59.7 cm³/mol. The SMILES string of the molecule is CC(C)(C)/C=C\C#C[Si](C)(C)C. The van der Waals surface area contributed by atoms with Crippen molar-refractivity contribution in [3.8, 4) is 11.5 Å². The average molecular weight is 180 g/mol. The zero-order chi connectivity index (χ0) is 9.83. The Labute approximate surface area is 78.1 Å². The Kier molecular flexibility index (Phi) is 3.80. The summed E-state index contributed by atoms with van der Waals surface area (Å²) in [5.74, 6) is 3.11. The second kappa shape index (κ2) is 3.96. The molecular weight excluding hydrogens is 160 g/mol. The summed E-state index contributed by atoms with van der Waals surface area (Å²) in [5.41, 5.74) is 3.55. The summed E-state index contributed by atoms with van der Waals surface area (Å²) in [4.78, 5) is 0. The lowest BCUT2D eigenvalue weighted by atomic mass is 9.96. The number of hydrogen-bond donors (Lipinski definition) is 0. The maximum Gasteiger partial charge on any atom is 0.129 e. The van der Waals surface area contributed by atoms with E-state index < -0.39 is 8.07 Å². The molecule has 0 aliphatic rings. The highest BCUT2D eigenvalue weighted by molar-refractivity contribution is 6.83. The van der Waals surface area contributed by atoms with Gasteiger partial charge in [-0.15, -0.1) is 5.54 Å². The van der Waals surface area contributed by atoms with Gasteiger partial charge in [-0.3, -0.25) is 0 Å². The Bertz CT molecular complexity index is 212. The molecule has 0 N–H and O–H groups in total. The van der Waals surface area contributed by atoms with E-state index in [0.29, 0.717) is 0 Å². The minimum absolute atomic E-state index is 0.258. The Morgan fingerprint density at radius 2 is 1.58 bits per heavy atom. The minimum Gasteiger partial charge on any atom is -0.127 e. The van der Waals surface area contributed by atoms with Gasteiger partial charge in [-0.05, 0) is 11.5 Å². The van der Waals surface area contributed by atoms with Gasteiger partial charge >= 0.3 is 0 Å². The second-order valence-corrected chi connectivity index (χ2v) is 9.97. The van der Waals surface area contributed by atoms with E-state index in [1.807, 2.05) is 6.08 Å². The molecule has 1 heteroatoms. The smallest absolute Gasteiger partial charge is 0.127 e. The molecule has 0 rings (SSSR count). The predicted octanol–water partition coefficient (Wildman–Crippen LogP) is 3.47. The molecule has 0 aliphatic carbocycles. The first-order chi connectivity index (χ1) is 5.21. The molecular formula is C11H20Si. The van der Waals surface area contributed by atoms with E-state index in [9.17, 15) is 0 Å². The fourth-order valence-corrected chi connectivity index (χ4v) is 1.07. The van der Waals surface area contributed by atoms with E-state index in [1.54, 1.807) is 0 Å². The molecule has 0 nitrogen and oxygen atoms in total. The molecule has 0 aromatic heterocycles. The van der Waals surface area contributed by atoms with Crippen molar-refractivity contribution in [2.75, 3.05) is 0 Å². The fraction of sp³-hybridized carbons (Fsp3) is 0.636. The van der Waals surface area contributed by atoms with Crippen molar-refractivity contribution in [1.29, 1.82) is 0 Å². The quantitative estimate of drug-likeness (QED) is 0.395. The van der Waals surface area contributed by atoms with Crippen LogP contribution in [0.2, 0.25) is 19.6 Å². The molecule has 0 radical (unpaired) electrons. The molecule has 0 amide bonds. The lowest BCUT2D eigenvalue weighted by molar-refractivity contribution is 0.544. The largest absolute Gasteiger partial charge is 0.129 e. The van der Waals surface area contributed by atoms with E-state index >= 15 is 0 Å². The van der Waals surface area contributed by atoms with Crippen LogP contribution in [-0.4, -0.2) is 8.07 Å². The summed E-state index contributed by atoms with van der Waals surface area (Å²) in [6.45, 7) is 13.3. The van der Waals surface area contributed by atoms with Crippen molar-refractivity contribution < 1.29 is 0 Å². The second-order valence-electron chi connectivity index (χ2n) is 5.22.